The van der Waals surface area contributed by atoms with Gasteiger partial charge in [0.05, 0.1) is 28.6 Å². The van der Waals surface area contributed by atoms with Crippen LogP contribution in [0.4, 0.5) is 0 Å². The molecule has 0 bridgehead atoms. The van der Waals surface area contributed by atoms with Crippen LogP contribution in [0, 0.1) is 6.92 Å². The molecular formula is C11H19BrN2O2. The van der Waals surface area contributed by atoms with E-state index in [2.05, 4.69) is 28.0 Å². The second-order valence-corrected chi connectivity index (χ2v) is 4.60. The SMILES string of the molecule is CCn1nc(C)c(Br)c1CCC(O)COC. The van der Waals surface area contributed by atoms with Gasteiger partial charge in [-0.15, -0.1) is 0 Å². The summed E-state index contributed by atoms with van der Waals surface area (Å²) in [6, 6.07) is 0. The zero-order chi connectivity index (χ0) is 12.1. The predicted octanol–water partition coefficient (Wildman–Crippen LogP) is 1.91. The quantitative estimate of drug-likeness (QED) is 0.871. The van der Waals surface area contributed by atoms with Gasteiger partial charge in [0, 0.05) is 13.7 Å². The van der Waals surface area contributed by atoms with Gasteiger partial charge in [0.1, 0.15) is 0 Å². The second-order valence-electron chi connectivity index (χ2n) is 3.81. The summed E-state index contributed by atoms with van der Waals surface area (Å²) < 4.78 is 7.93. The minimum Gasteiger partial charge on any atom is -0.391 e. The van der Waals surface area contributed by atoms with Crippen LogP contribution in [0.1, 0.15) is 24.7 Å². The van der Waals surface area contributed by atoms with Gasteiger partial charge in [0.2, 0.25) is 0 Å². The van der Waals surface area contributed by atoms with Crippen LogP contribution >= 0.6 is 15.9 Å². The number of aliphatic hydroxyl groups is 1. The Morgan fingerprint density at radius 3 is 2.81 bits per heavy atom. The molecule has 5 heteroatoms. The van der Waals surface area contributed by atoms with Gasteiger partial charge < -0.3 is 9.84 Å². The van der Waals surface area contributed by atoms with Crippen LogP contribution in [0.2, 0.25) is 0 Å². The normalized spacial score (nSPS) is 13.1. The van der Waals surface area contributed by atoms with Gasteiger partial charge in [0.25, 0.3) is 0 Å². The van der Waals surface area contributed by atoms with Crippen molar-refractivity contribution >= 4 is 15.9 Å². The second kappa shape index (κ2) is 6.37. The molecule has 1 aromatic heterocycles. The highest BCUT2D eigenvalue weighted by atomic mass is 79.9. The van der Waals surface area contributed by atoms with E-state index in [-0.39, 0.29) is 0 Å². The van der Waals surface area contributed by atoms with Gasteiger partial charge in [0.15, 0.2) is 0 Å². The van der Waals surface area contributed by atoms with Crippen LogP contribution < -0.4 is 0 Å². The lowest BCUT2D eigenvalue weighted by Gasteiger charge is -2.10. The fourth-order valence-electron chi connectivity index (χ4n) is 1.69. The largest absolute Gasteiger partial charge is 0.391 e. The Labute approximate surface area is 105 Å². The summed E-state index contributed by atoms with van der Waals surface area (Å²) in [7, 11) is 1.60. The van der Waals surface area contributed by atoms with E-state index in [1.54, 1.807) is 7.11 Å². The van der Waals surface area contributed by atoms with Crippen LogP contribution in [-0.2, 0) is 17.7 Å². The third-order valence-corrected chi connectivity index (χ3v) is 3.56. The summed E-state index contributed by atoms with van der Waals surface area (Å²) in [4.78, 5) is 0. The Bertz CT molecular complexity index is 339. The molecule has 0 saturated carbocycles. The van der Waals surface area contributed by atoms with Gasteiger partial charge in [-0.1, -0.05) is 0 Å². The standard InChI is InChI=1S/C11H19BrN2O2/c1-4-14-10(11(12)8(2)13-14)6-5-9(15)7-16-3/h9,15H,4-7H2,1-3H3. The number of nitrogens with zero attached hydrogens (tertiary/aromatic N) is 2. The summed E-state index contributed by atoms with van der Waals surface area (Å²) in [6.45, 7) is 5.28. The summed E-state index contributed by atoms with van der Waals surface area (Å²) in [6.07, 6.45) is 1.09. The van der Waals surface area contributed by atoms with Crippen LogP contribution in [0.5, 0.6) is 0 Å². The first-order valence-electron chi connectivity index (χ1n) is 5.48. The van der Waals surface area contributed by atoms with Gasteiger partial charge in [-0.05, 0) is 42.6 Å². The third kappa shape index (κ3) is 3.30. The van der Waals surface area contributed by atoms with Crippen molar-refractivity contribution in [1.82, 2.24) is 9.78 Å². The molecule has 1 unspecified atom stereocenters. The summed E-state index contributed by atoms with van der Waals surface area (Å²) in [5.74, 6) is 0. The summed E-state index contributed by atoms with van der Waals surface area (Å²) >= 11 is 3.53. The van der Waals surface area contributed by atoms with Crippen molar-refractivity contribution in [2.24, 2.45) is 0 Å². The molecular weight excluding hydrogens is 272 g/mol. The molecule has 0 radical (unpaired) electrons. The minimum atomic E-state index is -0.405. The monoisotopic (exact) mass is 290 g/mol. The fraction of sp³-hybridized carbons (Fsp3) is 0.727. The number of aryl methyl sites for hydroxylation is 2. The van der Waals surface area contributed by atoms with Crippen molar-refractivity contribution in [2.75, 3.05) is 13.7 Å². The van der Waals surface area contributed by atoms with Crippen molar-refractivity contribution in [2.45, 2.75) is 39.3 Å². The maximum absolute atomic E-state index is 9.60. The van der Waals surface area contributed by atoms with Gasteiger partial charge in [-0.3, -0.25) is 4.68 Å². The number of aliphatic hydroxyl groups excluding tert-OH is 1. The van der Waals surface area contributed by atoms with Crippen molar-refractivity contribution in [3.63, 3.8) is 0 Å². The number of hydrogen-bond acceptors (Lipinski definition) is 3. The minimum absolute atomic E-state index is 0.386. The first kappa shape index (κ1) is 13.7. The maximum atomic E-state index is 9.60. The highest BCUT2D eigenvalue weighted by Gasteiger charge is 2.13. The van der Waals surface area contributed by atoms with E-state index in [0.717, 1.165) is 28.8 Å². The molecule has 0 aliphatic heterocycles. The average molecular weight is 291 g/mol. The van der Waals surface area contributed by atoms with Crippen LogP contribution in [0.3, 0.4) is 0 Å². The van der Waals surface area contributed by atoms with Crippen LogP contribution in [0.15, 0.2) is 4.47 Å². The lowest BCUT2D eigenvalue weighted by atomic mass is 10.1. The highest BCUT2D eigenvalue weighted by Crippen LogP contribution is 2.22. The van der Waals surface area contributed by atoms with E-state index in [1.165, 1.54) is 0 Å². The molecule has 0 aromatic carbocycles. The number of halogens is 1. The van der Waals surface area contributed by atoms with Crippen molar-refractivity contribution < 1.29 is 9.84 Å². The van der Waals surface area contributed by atoms with E-state index in [1.807, 2.05) is 11.6 Å². The Morgan fingerprint density at radius 1 is 1.56 bits per heavy atom. The van der Waals surface area contributed by atoms with E-state index < -0.39 is 6.10 Å². The molecule has 1 aromatic rings. The lowest BCUT2D eigenvalue weighted by Crippen LogP contribution is -2.16. The summed E-state index contributed by atoms with van der Waals surface area (Å²) in [5.41, 5.74) is 2.15. The first-order chi connectivity index (χ1) is 7.60. The zero-order valence-electron chi connectivity index (χ0n) is 10.0. The fourth-order valence-corrected chi connectivity index (χ4v) is 2.17. The molecule has 0 amide bonds. The molecule has 1 heterocycles. The summed E-state index contributed by atoms with van der Waals surface area (Å²) in [5, 5.41) is 14.0. The van der Waals surface area contributed by atoms with Crippen LogP contribution in [-0.4, -0.2) is 34.7 Å². The van der Waals surface area contributed by atoms with E-state index in [0.29, 0.717) is 13.0 Å². The predicted molar refractivity (Wildman–Crippen MR) is 66.5 cm³/mol. The zero-order valence-corrected chi connectivity index (χ0v) is 11.6. The average Bonchev–Trinajstić information content (AvgIpc) is 2.53. The molecule has 1 N–H and O–H groups in total. The number of methoxy groups -OCH3 is 1. The molecule has 0 aliphatic carbocycles. The Kier molecular flexibility index (Phi) is 5.44. The molecule has 16 heavy (non-hydrogen) atoms. The molecule has 92 valence electrons. The number of rotatable bonds is 6. The maximum Gasteiger partial charge on any atom is 0.0777 e. The molecule has 4 nitrogen and oxygen atoms in total. The third-order valence-electron chi connectivity index (χ3n) is 2.53. The molecule has 0 aliphatic rings. The first-order valence-corrected chi connectivity index (χ1v) is 6.28. The molecule has 1 atom stereocenters. The molecule has 0 fully saturated rings. The molecule has 0 saturated heterocycles. The van der Waals surface area contributed by atoms with Gasteiger partial charge in [-0.2, -0.15) is 5.10 Å². The van der Waals surface area contributed by atoms with Crippen molar-refractivity contribution in [3.8, 4) is 0 Å². The Morgan fingerprint density at radius 2 is 2.25 bits per heavy atom. The molecule has 1 rings (SSSR count). The van der Waals surface area contributed by atoms with Gasteiger partial charge >= 0.3 is 0 Å². The van der Waals surface area contributed by atoms with E-state index in [9.17, 15) is 5.11 Å². The van der Waals surface area contributed by atoms with Crippen molar-refractivity contribution in [1.29, 1.82) is 0 Å². The van der Waals surface area contributed by atoms with E-state index in [4.69, 9.17) is 4.74 Å². The van der Waals surface area contributed by atoms with Crippen molar-refractivity contribution in [3.05, 3.63) is 15.9 Å². The number of ether oxygens (including phenoxy) is 1. The highest BCUT2D eigenvalue weighted by molar-refractivity contribution is 9.10. The van der Waals surface area contributed by atoms with Gasteiger partial charge in [-0.25, -0.2) is 0 Å². The Hall–Kier alpha value is -0.390. The topological polar surface area (TPSA) is 47.3 Å². The van der Waals surface area contributed by atoms with E-state index >= 15 is 0 Å². The van der Waals surface area contributed by atoms with Crippen LogP contribution in [0.25, 0.3) is 0 Å². The smallest absolute Gasteiger partial charge is 0.0777 e. The number of aromatic nitrogens is 2. The lowest BCUT2D eigenvalue weighted by molar-refractivity contribution is 0.0592. The Balaban J connectivity index is 2.65. The molecule has 0 spiro atoms. The number of hydrogen-bond donors (Lipinski definition) is 1.